The van der Waals surface area contributed by atoms with Crippen LogP contribution in [0.25, 0.3) is 11.2 Å². The summed E-state index contributed by atoms with van der Waals surface area (Å²) in [6.07, 6.45) is 2.26. The van der Waals surface area contributed by atoms with Gasteiger partial charge in [0.2, 0.25) is 0 Å². The third kappa shape index (κ3) is 6.58. The smallest absolute Gasteiger partial charge is 0.167 e. The Labute approximate surface area is 279 Å². The Morgan fingerprint density at radius 1 is 0.833 bits per heavy atom. The number of anilines is 1. The molecule has 2 aromatic heterocycles. The number of imidazole rings is 1. The Balaban J connectivity index is 1.37. The minimum atomic E-state index is -1.09. The Kier molecular flexibility index (Phi) is 10.5. The summed E-state index contributed by atoms with van der Waals surface area (Å²) in [6.45, 7) is 1.05. The lowest BCUT2D eigenvalue weighted by Gasteiger charge is -2.37. The SMILES string of the molecule is COc1ccc(C(OC[C@H]2O[C@@H](n3cnc4c(N)ncnc43)C(OCCCCCN)[C@H]2O)(c2ccccc2)c2ccc(OC)cc2)cc1. The van der Waals surface area contributed by atoms with Gasteiger partial charge in [0.05, 0.1) is 27.2 Å². The van der Waals surface area contributed by atoms with Crippen LogP contribution in [0.5, 0.6) is 11.5 Å². The zero-order valence-electron chi connectivity index (χ0n) is 27.1. The molecule has 5 N–H and O–H groups in total. The molecule has 12 nitrogen and oxygen atoms in total. The van der Waals surface area contributed by atoms with E-state index in [9.17, 15) is 5.11 Å². The number of hydrogen-bond donors (Lipinski definition) is 3. The number of ether oxygens (including phenoxy) is 5. The number of nitrogen functional groups attached to an aromatic ring is 1. The number of unbranched alkanes of at least 4 members (excludes halogenated alkanes) is 2. The summed E-state index contributed by atoms with van der Waals surface area (Å²) in [5.41, 5.74) is 14.2. The van der Waals surface area contributed by atoms with Crippen LogP contribution < -0.4 is 20.9 Å². The maximum atomic E-state index is 11.8. The zero-order chi connectivity index (χ0) is 33.5. The second-order valence-electron chi connectivity index (χ2n) is 11.6. The number of nitrogens with zero attached hydrogens (tertiary/aromatic N) is 4. The van der Waals surface area contributed by atoms with Gasteiger partial charge in [-0.25, -0.2) is 15.0 Å². The van der Waals surface area contributed by atoms with Gasteiger partial charge in [0.15, 0.2) is 17.7 Å². The van der Waals surface area contributed by atoms with Crippen LogP contribution in [0.15, 0.2) is 91.5 Å². The molecule has 3 aromatic carbocycles. The molecule has 3 heterocycles. The standard InChI is InChI=1S/C36H42N6O6/c1-44-27-15-11-25(12-16-27)36(24-9-5-3-6-10-24,26-13-17-28(45-2)18-14-26)47-21-29-31(43)32(46-20-8-4-7-19-37)35(48-29)42-23-41-30-33(38)39-22-40-34(30)42/h3,5-6,9-18,22-23,29,31-32,35,43H,4,7-8,19-21,37H2,1-2H3,(H2,38,39,40)/t29-,31+,32?,35-/m1/s1. The van der Waals surface area contributed by atoms with Crippen molar-refractivity contribution in [1.29, 1.82) is 0 Å². The average Bonchev–Trinajstić information content (AvgIpc) is 3.70. The molecular weight excluding hydrogens is 612 g/mol. The number of rotatable bonds is 15. The lowest BCUT2D eigenvalue weighted by molar-refractivity contribution is -0.0961. The fourth-order valence-corrected chi connectivity index (χ4v) is 6.24. The van der Waals surface area contributed by atoms with Crippen molar-refractivity contribution in [2.24, 2.45) is 5.73 Å². The normalized spacial score (nSPS) is 19.5. The van der Waals surface area contributed by atoms with E-state index in [1.165, 1.54) is 6.33 Å². The molecule has 1 unspecified atom stereocenters. The highest BCUT2D eigenvalue weighted by molar-refractivity contribution is 5.81. The Morgan fingerprint density at radius 2 is 1.48 bits per heavy atom. The largest absolute Gasteiger partial charge is 0.497 e. The van der Waals surface area contributed by atoms with E-state index in [-0.39, 0.29) is 12.4 Å². The van der Waals surface area contributed by atoms with Gasteiger partial charge in [-0.1, -0.05) is 54.6 Å². The minimum absolute atomic E-state index is 0.0153. The van der Waals surface area contributed by atoms with Crippen LogP contribution in [0.3, 0.4) is 0 Å². The van der Waals surface area contributed by atoms with Gasteiger partial charge in [-0.3, -0.25) is 4.57 Å². The Bertz CT molecular complexity index is 1700. The predicted octanol–water partition coefficient (Wildman–Crippen LogP) is 4.21. The van der Waals surface area contributed by atoms with Gasteiger partial charge in [-0.05, 0) is 66.8 Å². The third-order valence-corrected chi connectivity index (χ3v) is 8.77. The van der Waals surface area contributed by atoms with Gasteiger partial charge in [0.25, 0.3) is 0 Å². The number of aliphatic hydroxyl groups is 1. The summed E-state index contributed by atoms with van der Waals surface area (Å²) in [4.78, 5) is 12.9. The fourth-order valence-electron chi connectivity index (χ4n) is 6.24. The van der Waals surface area contributed by atoms with Crippen molar-refractivity contribution in [3.63, 3.8) is 0 Å². The monoisotopic (exact) mass is 654 g/mol. The van der Waals surface area contributed by atoms with E-state index in [2.05, 4.69) is 15.0 Å². The number of nitrogens with two attached hydrogens (primary N) is 2. The first-order chi connectivity index (χ1) is 23.5. The summed E-state index contributed by atoms with van der Waals surface area (Å²) in [5, 5.41) is 11.8. The summed E-state index contributed by atoms with van der Waals surface area (Å²) in [7, 11) is 3.27. The molecule has 12 heteroatoms. The van der Waals surface area contributed by atoms with Crippen LogP contribution >= 0.6 is 0 Å². The van der Waals surface area contributed by atoms with Crippen LogP contribution in [0.2, 0.25) is 0 Å². The molecule has 6 rings (SSSR count). The van der Waals surface area contributed by atoms with Gasteiger partial charge in [0, 0.05) is 6.61 Å². The van der Waals surface area contributed by atoms with Crippen LogP contribution in [-0.2, 0) is 19.8 Å². The van der Waals surface area contributed by atoms with Crippen molar-refractivity contribution < 1.29 is 28.8 Å². The molecule has 5 aromatic rings. The Morgan fingerprint density at radius 3 is 2.10 bits per heavy atom. The number of fused-ring (bicyclic) bond motifs is 1. The minimum Gasteiger partial charge on any atom is -0.497 e. The highest BCUT2D eigenvalue weighted by atomic mass is 16.6. The van der Waals surface area contributed by atoms with E-state index in [1.54, 1.807) is 25.1 Å². The Hall–Kier alpha value is -4.59. The van der Waals surface area contributed by atoms with E-state index in [0.717, 1.165) is 47.5 Å². The van der Waals surface area contributed by atoms with Gasteiger partial charge in [-0.15, -0.1) is 0 Å². The van der Waals surface area contributed by atoms with E-state index >= 15 is 0 Å². The molecule has 252 valence electrons. The molecule has 0 bridgehead atoms. The summed E-state index contributed by atoms with van der Waals surface area (Å²) >= 11 is 0. The van der Waals surface area contributed by atoms with Crippen LogP contribution in [0.4, 0.5) is 5.82 Å². The van der Waals surface area contributed by atoms with Crippen molar-refractivity contribution in [3.8, 4) is 11.5 Å². The average molecular weight is 655 g/mol. The zero-order valence-corrected chi connectivity index (χ0v) is 27.1. The van der Waals surface area contributed by atoms with Gasteiger partial charge < -0.3 is 40.3 Å². The number of aliphatic hydroxyl groups excluding tert-OH is 1. The van der Waals surface area contributed by atoms with E-state index < -0.39 is 30.1 Å². The maximum Gasteiger partial charge on any atom is 0.167 e. The van der Waals surface area contributed by atoms with Crippen molar-refractivity contribution in [2.45, 2.75) is 49.4 Å². The molecule has 0 radical (unpaired) electrons. The second kappa shape index (κ2) is 15.1. The lowest BCUT2D eigenvalue weighted by Crippen LogP contribution is -2.40. The van der Waals surface area contributed by atoms with E-state index in [1.807, 2.05) is 78.9 Å². The highest BCUT2D eigenvalue weighted by Crippen LogP contribution is 2.43. The van der Waals surface area contributed by atoms with Crippen LogP contribution in [0.1, 0.15) is 42.2 Å². The quantitative estimate of drug-likeness (QED) is 0.110. The van der Waals surface area contributed by atoms with Crippen molar-refractivity contribution in [2.75, 3.05) is 39.7 Å². The third-order valence-electron chi connectivity index (χ3n) is 8.77. The van der Waals surface area contributed by atoms with E-state index in [0.29, 0.717) is 24.3 Å². The molecule has 48 heavy (non-hydrogen) atoms. The molecule has 1 saturated heterocycles. The molecule has 0 amide bonds. The number of benzene rings is 3. The first-order valence-corrected chi connectivity index (χ1v) is 16.1. The van der Waals surface area contributed by atoms with Crippen molar-refractivity contribution in [3.05, 3.63) is 108 Å². The van der Waals surface area contributed by atoms with Crippen molar-refractivity contribution in [1.82, 2.24) is 19.5 Å². The molecule has 0 aliphatic carbocycles. The fraction of sp³-hybridized carbons (Fsp3) is 0.361. The molecule has 0 spiro atoms. The molecule has 4 atom stereocenters. The lowest BCUT2D eigenvalue weighted by atomic mass is 9.80. The summed E-state index contributed by atoms with van der Waals surface area (Å²) in [6, 6.07) is 25.5. The molecule has 1 aliphatic rings. The molecule has 1 fully saturated rings. The number of methoxy groups -OCH3 is 2. The van der Waals surface area contributed by atoms with Gasteiger partial charge in [-0.2, -0.15) is 0 Å². The molecule has 1 aliphatic heterocycles. The van der Waals surface area contributed by atoms with Crippen LogP contribution in [0, 0.1) is 0 Å². The van der Waals surface area contributed by atoms with E-state index in [4.69, 9.17) is 35.2 Å². The molecule has 0 saturated carbocycles. The highest BCUT2D eigenvalue weighted by Gasteiger charge is 2.48. The van der Waals surface area contributed by atoms with Crippen molar-refractivity contribution >= 4 is 17.0 Å². The second-order valence-corrected chi connectivity index (χ2v) is 11.6. The predicted molar refractivity (Wildman–Crippen MR) is 181 cm³/mol. The number of aromatic nitrogens is 4. The van der Waals surface area contributed by atoms with Crippen LogP contribution in [-0.4, -0.2) is 76.9 Å². The summed E-state index contributed by atoms with van der Waals surface area (Å²) < 4.78 is 32.7. The topological polar surface area (TPSA) is 162 Å². The van der Waals surface area contributed by atoms with Gasteiger partial charge >= 0.3 is 0 Å². The first-order valence-electron chi connectivity index (χ1n) is 16.1. The first kappa shape index (κ1) is 33.3. The maximum absolute atomic E-state index is 11.8. The number of hydrogen-bond acceptors (Lipinski definition) is 11. The summed E-state index contributed by atoms with van der Waals surface area (Å²) in [5.74, 6) is 1.69. The molecular formula is C36H42N6O6. The van der Waals surface area contributed by atoms with Gasteiger partial charge in [0.1, 0.15) is 47.3 Å².